The number of carbonyl (C=O) groups excluding carboxylic acids is 1. The fourth-order valence-corrected chi connectivity index (χ4v) is 3.37. The SMILES string of the molecule is Cc1nc(CN2CCN(C(=O)c3c(C)noc3C)CC2)cs1. The van der Waals surface area contributed by atoms with Crippen LogP contribution in [0.25, 0.3) is 0 Å². The number of piperazine rings is 1. The second-order valence-electron chi connectivity index (χ2n) is 5.63. The molecule has 118 valence electrons. The summed E-state index contributed by atoms with van der Waals surface area (Å²) in [6.45, 7) is 9.67. The summed E-state index contributed by atoms with van der Waals surface area (Å²) in [5.41, 5.74) is 2.40. The van der Waals surface area contributed by atoms with Gasteiger partial charge in [-0.15, -0.1) is 11.3 Å². The van der Waals surface area contributed by atoms with Gasteiger partial charge in [-0.3, -0.25) is 9.69 Å². The molecule has 2 aromatic heterocycles. The minimum absolute atomic E-state index is 0.0282. The van der Waals surface area contributed by atoms with Crippen LogP contribution in [0.15, 0.2) is 9.90 Å². The third-order valence-corrected chi connectivity index (χ3v) is 4.78. The first-order chi connectivity index (χ1) is 10.5. The van der Waals surface area contributed by atoms with E-state index < -0.39 is 0 Å². The number of hydrogen-bond acceptors (Lipinski definition) is 6. The molecule has 0 radical (unpaired) electrons. The van der Waals surface area contributed by atoms with Crippen LogP contribution in [-0.4, -0.2) is 52.0 Å². The molecule has 1 fully saturated rings. The maximum absolute atomic E-state index is 12.6. The summed E-state index contributed by atoms with van der Waals surface area (Å²) in [6.07, 6.45) is 0. The number of aryl methyl sites for hydroxylation is 3. The van der Waals surface area contributed by atoms with E-state index in [0.717, 1.165) is 43.4 Å². The lowest BCUT2D eigenvalue weighted by Crippen LogP contribution is -2.48. The Hall–Kier alpha value is -1.73. The molecule has 0 bridgehead atoms. The summed E-state index contributed by atoms with van der Waals surface area (Å²) >= 11 is 1.68. The highest BCUT2D eigenvalue weighted by atomic mass is 32.1. The van der Waals surface area contributed by atoms with Crippen LogP contribution in [0.5, 0.6) is 0 Å². The molecule has 7 heteroatoms. The molecule has 3 rings (SSSR count). The van der Waals surface area contributed by atoms with E-state index >= 15 is 0 Å². The quantitative estimate of drug-likeness (QED) is 0.866. The molecule has 0 saturated carbocycles. The zero-order valence-corrected chi connectivity index (χ0v) is 13.9. The molecular formula is C15H20N4O2S. The summed E-state index contributed by atoms with van der Waals surface area (Å²) in [5, 5.41) is 7.07. The molecule has 1 saturated heterocycles. The van der Waals surface area contributed by atoms with Crippen molar-refractivity contribution in [2.24, 2.45) is 0 Å². The lowest BCUT2D eigenvalue weighted by atomic mass is 10.1. The number of hydrogen-bond donors (Lipinski definition) is 0. The van der Waals surface area contributed by atoms with E-state index in [1.807, 2.05) is 18.7 Å². The van der Waals surface area contributed by atoms with E-state index in [9.17, 15) is 4.79 Å². The van der Waals surface area contributed by atoms with E-state index in [4.69, 9.17) is 4.52 Å². The normalized spacial score (nSPS) is 16.2. The van der Waals surface area contributed by atoms with Crippen LogP contribution in [0.4, 0.5) is 0 Å². The van der Waals surface area contributed by atoms with Crippen LogP contribution < -0.4 is 0 Å². The summed E-state index contributed by atoms with van der Waals surface area (Å²) < 4.78 is 5.09. The summed E-state index contributed by atoms with van der Waals surface area (Å²) in [5.74, 6) is 0.628. The van der Waals surface area contributed by atoms with Crippen molar-refractivity contribution in [1.82, 2.24) is 19.9 Å². The summed E-state index contributed by atoms with van der Waals surface area (Å²) in [4.78, 5) is 21.3. The molecule has 0 atom stereocenters. The van der Waals surface area contributed by atoms with Crippen LogP contribution in [0.3, 0.4) is 0 Å². The zero-order valence-electron chi connectivity index (χ0n) is 13.1. The lowest BCUT2D eigenvalue weighted by Gasteiger charge is -2.34. The Bertz CT molecular complexity index is 651. The molecule has 2 aromatic rings. The number of amides is 1. The molecular weight excluding hydrogens is 300 g/mol. The molecule has 0 unspecified atom stereocenters. The topological polar surface area (TPSA) is 62.5 Å². The van der Waals surface area contributed by atoms with Gasteiger partial charge in [0.25, 0.3) is 5.91 Å². The third kappa shape index (κ3) is 3.05. The Morgan fingerprint density at radius 3 is 2.55 bits per heavy atom. The second-order valence-corrected chi connectivity index (χ2v) is 6.69. The van der Waals surface area contributed by atoms with Crippen LogP contribution in [0.2, 0.25) is 0 Å². The van der Waals surface area contributed by atoms with Crippen LogP contribution in [0, 0.1) is 20.8 Å². The number of thiazole rings is 1. The number of carbonyl (C=O) groups is 1. The van der Waals surface area contributed by atoms with Crippen LogP contribution >= 0.6 is 11.3 Å². The summed E-state index contributed by atoms with van der Waals surface area (Å²) in [6, 6.07) is 0. The number of nitrogens with zero attached hydrogens (tertiary/aromatic N) is 4. The molecule has 0 spiro atoms. The Labute approximate surface area is 133 Å². The fourth-order valence-electron chi connectivity index (χ4n) is 2.77. The van der Waals surface area contributed by atoms with E-state index in [1.165, 1.54) is 0 Å². The molecule has 0 aromatic carbocycles. The minimum atomic E-state index is 0.0282. The molecule has 22 heavy (non-hydrogen) atoms. The van der Waals surface area contributed by atoms with Gasteiger partial charge in [-0.25, -0.2) is 4.98 Å². The standard InChI is InChI=1S/C15H20N4O2S/c1-10-14(11(2)21-17-10)15(20)19-6-4-18(5-7-19)8-13-9-22-12(3)16-13/h9H,4-8H2,1-3H3. The van der Waals surface area contributed by atoms with Crippen molar-refractivity contribution in [3.8, 4) is 0 Å². The van der Waals surface area contributed by atoms with Gasteiger partial charge < -0.3 is 9.42 Å². The Morgan fingerprint density at radius 1 is 1.27 bits per heavy atom. The van der Waals surface area contributed by atoms with Crippen molar-refractivity contribution in [2.45, 2.75) is 27.3 Å². The molecule has 0 aliphatic carbocycles. The molecule has 3 heterocycles. The van der Waals surface area contributed by atoms with Gasteiger partial charge in [0.15, 0.2) is 0 Å². The predicted molar refractivity (Wildman–Crippen MR) is 84.0 cm³/mol. The number of aromatic nitrogens is 2. The first kappa shape index (κ1) is 15.2. The van der Waals surface area contributed by atoms with E-state index in [0.29, 0.717) is 17.0 Å². The number of rotatable bonds is 3. The molecule has 1 aliphatic rings. The largest absolute Gasteiger partial charge is 0.361 e. The van der Waals surface area contributed by atoms with E-state index in [1.54, 1.807) is 18.3 Å². The molecule has 6 nitrogen and oxygen atoms in total. The average molecular weight is 320 g/mol. The smallest absolute Gasteiger partial charge is 0.259 e. The Kier molecular flexibility index (Phi) is 4.26. The van der Waals surface area contributed by atoms with Crippen LogP contribution in [0.1, 0.15) is 32.5 Å². The van der Waals surface area contributed by atoms with Crippen molar-refractivity contribution in [3.63, 3.8) is 0 Å². The van der Waals surface area contributed by atoms with Gasteiger partial charge >= 0.3 is 0 Å². The van der Waals surface area contributed by atoms with Gasteiger partial charge in [0.05, 0.1) is 16.4 Å². The fraction of sp³-hybridized carbons (Fsp3) is 0.533. The maximum atomic E-state index is 12.6. The van der Waals surface area contributed by atoms with Gasteiger partial charge in [-0.05, 0) is 20.8 Å². The first-order valence-electron chi connectivity index (χ1n) is 7.40. The monoisotopic (exact) mass is 320 g/mol. The maximum Gasteiger partial charge on any atom is 0.259 e. The molecule has 0 N–H and O–H groups in total. The van der Waals surface area contributed by atoms with E-state index in [-0.39, 0.29) is 5.91 Å². The Balaban J connectivity index is 1.58. The summed E-state index contributed by atoms with van der Waals surface area (Å²) in [7, 11) is 0. The van der Waals surface area contributed by atoms with Gasteiger partial charge in [0, 0.05) is 38.1 Å². The van der Waals surface area contributed by atoms with Gasteiger partial charge in [-0.2, -0.15) is 0 Å². The molecule has 1 aliphatic heterocycles. The third-order valence-electron chi connectivity index (χ3n) is 3.96. The Morgan fingerprint density at radius 2 is 2.00 bits per heavy atom. The zero-order chi connectivity index (χ0) is 15.7. The van der Waals surface area contributed by atoms with Gasteiger partial charge in [-0.1, -0.05) is 5.16 Å². The van der Waals surface area contributed by atoms with Gasteiger partial charge in [0.1, 0.15) is 11.3 Å². The van der Waals surface area contributed by atoms with Crippen molar-refractivity contribution in [1.29, 1.82) is 0 Å². The van der Waals surface area contributed by atoms with Crippen molar-refractivity contribution >= 4 is 17.2 Å². The average Bonchev–Trinajstić information content (AvgIpc) is 3.05. The first-order valence-corrected chi connectivity index (χ1v) is 8.28. The molecule has 1 amide bonds. The van der Waals surface area contributed by atoms with Gasteiger partial charge in [0.2, 0.25) is 0 Å². The van der Waals surface area contributed by atoms with Crippen LogP contribution in [-0.2, 0) is 6.54 Å². The van der Waals surface area contributed by atoms with Crippen molar-refractivity contribution in [3.05, 3.63) is 33.1 Å². The lowest BCUT2D eigenvalue weighted by molar-refractivity contribution is 0.0625. The second kappa shape index (κ2) is 6.18. The van der Waals surface area contributed by atoms with Crippen molar-refractivity contribution in [2.75, 3.05) is 26.2 Å². The van der Waals surface area contributed by atoms with Crippen molar-refractivity contribution < 1.29 is 9.32 Å². The minimum Gasteiger partial charge on any atom is -0.361 e. The van der Waals surface area contributed by atoms with E-state index in [2.05, 4.69) is 20.4 Å². The highest BCUT2D eigenvalue weighted by Crippen LogP contribution is 2.17. The highest BCUT2D eigenvalue weighted by molar-refractivity contribution is 7.09. The highest BCUT2D eigenvalue weighted by Gasteiger charge is 2.26. The predicted octanol–water partition coefficient (Wildman–Crippen LogP) is 2.01.